The van der Waals surface area contributed by atoms with E-state index in [0.717, 1.165) is 52.0 Å². The first-order chi connectivity index (χ1) is 10.8. The predicted molar refractivity (Wildman–Crippen MR) is 88.9 cm³/mol. The zero-order chi connectivity index (χ0) is 15.3. The van der Waals surface area contributed by atoms with Gasteiger partial charge in [0, 0.05) is 31.6 Å². The van der Waals surface area contributed by atoms with Crippen LogP contribution in [0.4, 0.5) is 4.79 Å². The summed E-state index contributed by atoms with van der Waals surface area (Å²) in [6.07, 6.45) is 5.63. The first kappa shape index (κ1) is 15.3. The Labute approximate surface area is 133 Å². The summed E-state index contributed by atoms with van der Waals surface area (Å²) in [4.78, 5) is 14.4. The van der Waals surface area contributed by atoms with Gasteiger partial charge in [0.1, 0.15) is 0 Å². The molecule has 0 aromatic heterocycles. The molecule has 2 aliphatic heterocycles. The molecule has 2 fully saturated rings. The lowest BCUT2D eigenvalue weighted by molar-refractivity contribution is 0.118. The molecule has 0 saturated carbocycles. The highest BCUT2D eigenvalue weighted by molar-refractivity contribution is 5.74. The van der Waals surface area contributed by atoms with Crippen LogP contribution < -0.4 is 10.6 Å². The van der Waals surface area contributed by atoms with Crippen molar-refractivity contribution in [2.24, 2.45) is 5.41 Å². The van der Waals surface area contributed by atoms with Gasteiger partial charge in [0.05, 0.1) is 0 Å². The second kappa shape index (κ2) is 7.14. The Morgan fingerprint density at radius 3 is 2.91 bits per heavy atom. The van der Waals surface area contributed by atoms with Crippen LogP contribution in [0.25, 0.3) is 0 Å². The van der Waals surface area contributed by atoms with E-state index in [2.05, 4.69) is 34.9 Å². The highest BCUT2D eigenvalue weighted by Gasteiger charge is 2.39. The molecule has 0 bridgehead atoms. The molecule has 1 atom stereocenters. The lowest BCUT2D eigenvalue weighted by Gasteiger charge is -2.39. The topological polar surface area (TPSA) is 44.4 Å². The van der Waals surface area contributed by atoms with Gasteiger partial charge in [0.25, 0.3) is 0 Å². The highest BCUT2D eigenvalue weighted by atomic mass is 16.2. The van der Waals surface area contributed by atoms with E-state index in [0.29, 0.717) is 5.41 Å². The molecule has 2 amide bonds. The van der Waals surface area contributed by atoms with Crippen molar-refractivity contribution in [2.45, 2.75) is 32.1 Å². The monoisotopic (exact) mass is 301 g/mol. The van der Waals surface area contributed by atoms with Crippen LogP contribution in [0.3, 0.4) is 0 Å². The number of carbonyl (C=O) groups excluding carboxylic acids is 1. The fraction of sp³-hybridized carbons (Fsp3) is 0.611. The number of piperidine rings is 1. The summed E-state index contributed by atoms with van der Waals surface area (Å²) in [6, 6.07) is 10.6. The number of amides is 2. The Morgan fingerprint density at radius 1 is 1.27 bits per heavy atom. The van der Waals surface area contributed by atoms with Gasteiger partial charge in [-0.05, 0) is 44.2 Å². The molecule has 0 radical (unpaired) electrons. The number of nitrogens with zero attached hydrogens (tertiary/aromatic N) is 1. The highest BCUT2D eigenvalue weighted by Crippen LogP contribution is 2.35. The maximum absolute atomic E-state index is 12.3. The standard InChI is InChI=1S/C18H27N3O/c22-17(20-11-4-8-16-6-2-1-3-7-16)21-13-5-9-18(15-21)10-12-19-14-18/h1-3,6-7,19H,4-5,8-15H2,(H,20,22)/t18-/m1/s1. The van der Waals surface area contributed by atoms with Gasteiger partial charge in [-0.15, -0.1) is 0 Å². The number of likely N-dealkylation sites (tertiary alicyclic amines) is 1. The molecular formula is C18H27N3O. The SMILES string of the molecule is O=C(NCCCc1ccccc1)N1CCC[C@]2(CCNC2)C1. The van der Waals surface area contributed by atoms with E-state index in [9.17, 15) is 4.79 Å². The maximum Gasteiger partial charge on any atom is 0.317 e. The second-order valence-electron chi connectivity index (χ2n) is 6.77. The van der Waals surface area contributed by atoms with Crippen LogP contribution in [0.1, 0.15) is 31.2 Å². The van der Waals surface area contributed by atoms with E-state index in [1.165, 1.54) is 18.4 Å². The van der Waals surface area contributed by atoms with E-state index in [4.69, 9.17) is 0 Å². The van der Waals surface area contributed by atoms with E-state index < -0.39 is 0 Å². The lowest BCUT2D eigenvalue weighted by atomic mass is 9.79. The van der Waals surface area contributed by atoms with Crippen molar-refractivity contribution in [2.75, 3.05) is 32.7 Å². The molecule has 3 rings (SSSR count). The average Bonchev–Trinajstić information content (AvgIpc) is 3.00. The Morgan fingerprint density at radius 2 is 2.14 bits per heavy atom. The van der Waals surface area contributed by atoms with Crippen molar-refractivity contribution in [3.05, 3.63) is 35.9 Å². The third-order valence-corrected chi connectivity index (χ3v) is 5.04. The van der Waals surface area contributed by atoms with Crippen molar-refractivity contribution in [1.29, 1.82) is 0 Å². The number of aryl methyl sites for hydroxylation is 1. The molecule has 0 unspecified atom stereocenters. The molecule has 2 aliphatic rings. The Hall–Kier alpha value is -1.55. The van der Waals surface area contributed by atoms with Gasteiger partial charge in [0.15, 0.2) is 0 Å². The molecule has 2 saturated heterocycles. The summed E-state index contributed by atoms with van der Waals surface area (Å²) < 4.78 is 0. The third kappa shape index (κ3) is 3.80. The van der Waals surface area contributed by atoms with Crippen molar-refractivity contribution in [3.8, 4) is 0 Å². The number of hydrogen-bond donors (Lipinski definition) is 2. The normalized spacial score (nSPS) is 24.6. The van der Waals surface area contributed by atoms with Crippen molar-refractivity contribution in [1.82, 2.24) is 15.5 Å². The van der Waals surface area contributed by atoms with E-state index in [1.54, 1.807) is 0 Å². The molecule has 120 valence electrons. The zero-order valence-corrected chi connectivity index (χ0v) is 13.3. The average molecular weight is 301 g/mol. The van der Waals surface area contributed by atoms with Crippen LogP contribution in [0, 0.1) is 5.41 Å². The van der Waals surface area contributed by atoms with Crippen molar-refractivity contribution < 1.29 is 4.79 Å². The summed E-state index contributed by atoms with van der Waals surface area (Å²) in [7, 11) is 0. The summed E-state index contributed by atoms with van der Waals surface area (Å²) >= 11 is 0. The largest absolute Gasteiger partial charge is 0.338 e. The zero-order valence-electron chi connectivity index (χ0n) is 13.3. The minimum atomic E-state index is 0.124. The molecule has 22 heavy (non-hydrogen) atoms. The Bertz CT molecular complexity index is 482. The molecule has 2 N–H and O–H groups in total. The van der Waals surface area contributed by atoms with Crippen LogP contribution >= 0.6 is 0 Å². The van der Waals surface area contributed by atoms with Gasteiger partial charge < -0.3 is 15.5 Å². The number of benzene rings is 1. The third-order valence-electron chi connectivity index (χ3n) is 5.04. The molecule has 1 spiro atoms. The summed E-state index contributed by atoms with van der Waals surface area (Å²) in [5.41, 5.74) is 1.69. The molecule has 1 aromatic carbocycles. The number of carbonyl (C=O) groups is 1. The van der Waals surface area contributed by atoms with E-state index in [-0.39, 0.29) is 6.03 Å². The number of hydrogen-bond acceptors (Lipinski definition) is 2. The summed E-state index contributed by atoms with van der Waals surface area (Å²) in [5.74, 6) is 0. The first-order valence-electron chi connectivity index (χ1n) is 8.55. The number of rotatable bonds is 4. The Balaban J connectivity index is 1.40. The fourth-order valence-electron chi connectivity index (χ4n) is 3.77. The molecule has 4 heteroatoms. The van der Waals surface area contributed by atoms with Crippen LogP contribution in [0.2, 0.25) is 0 Å². The molecule has 4 nitrogen and oxygen atoms in total. The minimum absolute atomic E-state index is 0.124. The van der Waals surface area contributed by atoms with Crippen molar-refractivity contribution >= 4 is 6.03 Å². The number of urea groups is 1. The molecule has 2 heterocycles. The van der Waals surface area contributed by atoms with Crippen LogP contribution in [0.5, 0.6) is 0 Å². The van der Waals surface area contributed by atoms with Crippen LogP contribution in [-0.2, 0) is 6.42 Å². The van der Waals surface area contributed by atoms with Gasteiger partial charge in [0.2, 0.25) is 0 Å². The van der Waals surface area contributed by atoms with Crippen molar-refractivity contribution in [3.63, 3.8) is 0 Å². The Kier molecular flexibility index (Phi) is 4.98. The lowest BCUT2D eigenvalue weighted by Crippen LogP contribution is -2.50. The van der Waals surface area contributed by atoms with Gasteiger partial charge >= 0.3 is 6.03 Å². The van der Waals surface area contributed by atoms with E-state index in [1.807, 2.05) is 11.0 Å². The molecule has 1 aromatic rings. The van der Waals surface area contributed by atoms with Gasteiger partial charge in [-0.1, -0.05) is 30.3 Å². The fourth-order valence-corrected chi connectivity index (χ4v) is 3.77. The van der Waals surface area contributed by atoms with Gasteiger partial charge in [-0.25, -0.2) is 4.79 Å². The minimum Gasteiger partial charge on any atom is -0.338 e. The second-order valence-corrected chi connectivity index (χ2v) is 6.77. The molecular weight excluding hydrogens is 274 g/mol. The van der Waals surface area contributed by atoms with E-state index >= 15 is 0 Å². The summed E-state index contributed by atoms with van der Waals surface area (Å²) in [5, 5.41) is 6.55. The van der Waals surface area contributed by atoms with Gasteiger partial charge in [-0.2, -0.15) is 0 Å². The van der Waals surface area contributed by atoms with Crippen LogP contribution in [-0.4, -0.2) is 43.7 Å². The summed E-state index contributed by atoms with van der Waals surface area (Å²) in [6.45, 7) is 4.77. The quantitative estimate of drug-likeness (QED) is 0.839. The smallest absolute Gasteiger partial charge is 0.317 e. The maximum atomic E-state index is 12.3. The first-order valence-corrected chi connectivity index (χ1v) is 8.55. The van der Waals surface area contributed by atoms with Gasteiger partial charge in [-0.3, -0.25) is 0 Å². The predicted octanol–water partition coefficient (Wildman–Crippen LogP) is 2.40. The number of nitrogens with one attached hydrogen (secondary N) is 2. The molecule has 0 aliphatic carbocycles. The van der Waals surface area contributed by atoms with Crippen LogP contribution in [0.15, 0.2) is 30.3 Å².